The third-order valence-electron chi connectivity index (χ3n) is 6.59. The Morgan fingerprint density at radius 2 is 1.97 bits per heavy atom. The molecule has 1 saturated heterocycles. The third kappa shape index (κ3) is 4.22. The summed E-state index contributed by atoms with van der Waals surface area (Å²) in [5.74, 6) is 1.61. The van der Waals surface area contributed by atoms with Crippen LogP contribution in [0.2, 0.25) is 0 Å². The topological polar surface area (TPSA) is 61.6 Å². The van der Waals surface area contributed by atoms with Crippen LogP contribution in [0.25, 0.3) is 0 Å². The molecule has 1 unspecified atom stereocenters. The monoisotopic (exact) mass is 430 g/mol. The van der Waals surface area contributed by atoms with Crippen molar-refractivity contribution >= 4 is 17.4 Å². The zero-order valence-corrected chi connectivity index (χ0v) is 18.6. The maximum atomic E-state index is 12.9. The number of furan rings is 1. The third-order valence-corrected chi connectivity index (χ3v) is 6.59. The summed E-state index contributed by atoms with van der Waals surface area (Å²) in [4.78, 5) is 22.2. The lowest BCUT2D eigenvalue weighted by Gasteiger charge is -2.27. The summed E-state index contributed by atoms with van der Waals surface area (Å²) >= 11 is 0. The van der Waals surface area contributed by atoms with Gasteiger partial charge >= 0.3 is 0 Å². The zero-order chi connectivity index (χ0) is 21.9. The Kier molecular flexibility index (Phi) is 5.84. The fourth-order valence-electron chi connectivity index (χ4n) is 4.80. The number of anilines is 2. The number of fused-ring (bicyclic) bond motifs is 1. The summed E-state index contributed by atoms with van der Waals surface area (Å²) in [6, 6.07) is 14.7. The molecule has 2 aliphatic heterocycles. The molecule has 166 valence electrons. The van der Waals surface area contributed by atoms with Crippen molar-refractivity contribution in [3.05, 3.63) is 77.4 Å². The van der Waals surface area contributed by atoms with Gasteiger partial charge in [0.2, 0.25) is 0 Å². The second-order valence-electron chi connectivity index (χ2n) is 8.82. The number of rotatable bonds is 6. The van der Waals surface area contributed by atoms with E-state index in [0.29, 0.717) is 30.5 Å². The summed E-state index contributed by atoms with van der Waals surface area (Å²) in [6.07, 6.45) is 8.25. The molecule has 1 aromatic carbocycles. The van der Waals surface area contributed by atoms with Gasteiger partial charge in [0.1, 0.15) is 11.6 Å². The Hall–Kier alpha value is -3.28. The molecule has 1 atom stereocenters. The normalized spacial score (nSPS) is 18.0. The van der Waals surface area contributed by atoms with Gasteiger partial charge in [-0.1, -0.05) is 24.3 Å². The van der Waals surface area contributed by atoms with E-state index in [1.165, 1.54) is 30.5 Å². The highest BCUT2D eigenvalue weighted by molar-refractivity contribution is 5.95. The molecule has 6 nitrogen and oxygen atoms in total. The molecule has 6 heteroatoms. The number of nitrogens with one attached hydrogen (secondary N) is 1. The molecule has 32 heavy (non-hydrogen) atoms. The van der Waals surface area contributed by atoms with Gasteiger partial charge in [-0.3, -0.25) is 4.79 Å². The molecule has 0 aliphatic carbocycles. The van der Waals surface area contributed by atoms with E-state index >= 15 is 0 Å². The molecule has 0 spiro atoms. The molecule has 0 bridgehead atoms. The lowest BCUT2D eigenvalue weighted by atomic mass is 10.1. The number of amides is 1. The van der Waals surface area contributed by atoms with Gasteiger partial charge in [0, 0.05) is 37.6 Å². The number of benzene rings is 1. The van der Waals surface area contributed by atoms with Crippen molar-refractivity contribution in [2.45, 2.75) is 51.7 Å². The number of para-hydroxylation sites is 1. The number of hydrogen-bond donors (Lipinski definition) is 1. The number of carbonyl (C=O) groups is 1. The van der Waals surface area contributed by atoms with E-state index in [-0.39, 0.29) is 5.91 Å². The van der Waals surface area contributed by atoms with Crippen LogP contribution in [0.3, 0.4) is 0 Å². The molecule has 2 aromatic heterocycles. The van der Waals surface area contributed by atoms with Gasteiger partial charge in [-0.15, -0.1) is 0 Å². The molecule has 1 amide bonds. The van der Waals surface area contributed by atoms with Crippen molar-refractivity contribution in [3.8, 4) is 0 Å². The first-order chi connectivity index (χ1) is 15.7. The first-order valence-corrected chi connectivity index (χ1v) is 11.6. The highest BCUT2D eigenvalue weighted by Crippen LogP contribution is 2.33. The molecule has 1 fully saturated rings. The standard InChI is InChI=1S/C26H30N4O2/c1-19-15-21-7-3-4-8-23(21)30(19)18-24-22(11-14-32-24)26(31)28-17-20-9-10-25(27-16-20)29-12-5-2-6-13-29/h3-4,7-11,14,16,19H,2,5-6,12-13,15,17-18H2,1H3,(H,28,31). The van der Waals surface area contributed by atoms with E-state index in [1.807, 2.05) is 6.20 Å². The van der Waals surface area contributed by atoms with E-state index in [4.69, 9.17) is 4.42 Å². The van der Waals surface area contributed by atoms with Gasteiger partial charge in [-0.25, -0.2) is 4.98 Å². The molecule has 4 heterocycles. The van der Waals surface area contributed by atoms with Crippen LogP contribution in [-0.4, -0.2) is 30.0 Å². The minimum atomic E-state index is -0.117. The van der Waals surface area contributed by atoms with Crippen molar-refractivity contribution in [1.29, 1.82) is 0 Å². The highest BCUT2D eigenvalue weighted by atomic mass is 16.3. The molecule has 5 rings (SSSR count). The van der Waals surface area contributed by atoms with Gasteiger partial charge in [-0.05, 0) is 61.9 Å². The van der Waals surface area contributed by atoms with Crippen LogP contribution in [0, 0.1) is 0 Å². The summed E-state index contributed by atoms with van der Waals surface area (Å²) < 4.78 is 5.73. The lowest BCUT2D eigenvalue weighted by Crippen LogP contribution is -2.30. The van der Waals surface area contributed by atoms with E-state index in [0.717, 1.165) is 30.9 Å². The molecule has 0 saturated carbocycles. The summed E-state index contributed by atoms with van der Waals surface area (Å²) in [7, 11) is 0. The first kappa shape index (κ1) is 20.6. The number of pyridine rings is 1. The Labute approximate surface area is 189 Å². The Morgan fingerprint density at radius 3 is 2.78 bits per heavy atom. The summed E-state index contributed by atoms with van der Waals surface area (Å²) in [6.45, 7) is 5.39. The first-order valence-electron chi connectivity index (χ1n) is 11.6. The zero-order valence-electron chi connectivity index (χ0n) is 18.6. The van der Waals surface area contributed by atoms with Gasteiger partial charge < -0.3 is 19.5 Å². The van der Waals surface area contributed by atoms with Crippen LogP contribution in [0.4, 0.5) is 11.5 Å². The SMILES string of the molecule is CC1Cc2ccccc2N1Cc1occc1C(=O)NCc1ccc(N2CCCCC2)nc1. The smallest absolute Gasteiger partial charge is 0.255 e. The van der Waals surface area contributed by atoms with Crippen molar-refractivity contribution in [2.24, 2.45) is 0 Å². The van der Waals surface area contributed by atoms with Crippen LogP contribution in [0.5, 0.6) is 0 Å². The number of piperidine rings is 1. The molecule has 1 N–H and O–H groups in total. The number of hydrogen-bond acceptors (Lipinski definition) is 5. The van der Waals surface area contributed by atoms with E-state index in [9.17, 15) is 4.79 Å². The maximum Gasteiger partial charge on any atom is 0.255 e. The minimum Gasteiger partial charge on any atom is -0.467 e. The second-order valence-corrected chi connectivity index (χ2v) is 8.82. The lowest BCUT2D eigenvalue weighted by molar-refractivity contribution is 0.0949. The van der Waals surface area contributed by atoms with Gasteiger partial charge in [0.05, 0.1) is 18.4 Å². The van der Waals surface area contributed by atoms with Crippen molar-refractivity contribution in [2.75, 3.05) is 22.9 Å². The van der Waals surface area contributed by atoms with Crippen molar-refractivity contribution < 1.29 is 9.21 Å². The predicted octanol–water partition coefficient (Wildman–Crippen LogP) is 4.55. The number of aromatic nitrogens is 1. The fourth-order valence-corrected chi connectivity index (χ4v) is 4.80. The van der Waals surface area contributed by atoms with Crippen molar-refractivity contribution in [1.82, 2.24) is 10.3 Å². The average Bonchev–Trinajstić information content (AvgIpc) is 3.43. The van der Waals surface area contributed by atoms with Crippen LogP contribution >= 0.6 is 0 Å². The molecule has 2 aliphatic rings. The molecular weight excluding hydrogens is 400 g/mol. The Morgan fingerprint density at radius 1 is 1.12 bits per heavy atom. The second kappa shape index (κ2) is 9.07. The largest absolute Gasteiger partial charge is 0.467 e. The average molecular weight is 431 g/mol. The number of carbonyl (C=O) groups excluding carboxylic acids is 1. The van der Waals surface area contributed by atoms with E-state index in [2.05, 4.69) is 63.4 Å². The van der Waals surface area contributed by atoms with Crippen LogP contribution < -0.4 is 15.1 Å². The highest BCUT2D eigenvalue weighted by Gasteiger charge is 2.28. The fraction of sp³-hybridized carbons (Fsp3) is 0.385. The maximum absolute atomic E-state index is 12.9. The number of nitrogens with zero attached hydrogens (tertiary/aromatic N) is 3. The van der Waals surface area contributed by atoms with Crippen molar-refractivity contribution in [3.63, 3.8) is 0 Å². The van der Waals surface area contributed by atoms with Crippen LogP contribution in [0.15, 0.2) is 59.3 Å². The minimum absolute atomic E-state index is 0.117. The molecule has 3 aromatic rings. The van der Waals surface area contributed by atoms with E-state index in [1.54, 1.807) is 12.3 Å². The molecule has 0 radical (unpaired) electrons. The Bertz CT molecular complexity index is 1070. The molecular formula is C26H30N4O2. The summed E-state index contributed by atoms with van der Waals surface area (Å²) in [5, 5.41) is 3.02. The quantitative estimate of drug-likeness (QED) is 0.622. The van der Waals surface area contributed by atoms with Crippen LogP contribution in [0.1, 0.15) is 53.4 Å². The Balaban J connectivity index is 1.21. The van der Waals surface area contributed by atoms with E-state index < -0.39 is 0 Å². The van der Waals surface area contributed by atoms with Gasteiger partial charge in [0.25, 0.3) is 5.91 Å². The van der Waals surface area contributed by atoms with Gasteiger partial charge in [-0.2, -0.15) is 0 Å². The summed E-state index contributed by atoms with van der Waals surface area (Å²) in [5.41, 5.74) is 4.16. The predicted molar refractivity (Wildman–Crippen MR) is 126 cm³/mol. The van der Waals surface area contributed by atoms with Gasteiger partial charge in [0.15, 0.2) is 0 Å². The van der Waals surface area contributed by atoms with Crippen LogP contribution in [-0.2, 0) is 19.5 Å².